The van der Waals surface area contributed by atoms with Gasteiger partial charge in [-0.25, -0.2) is 9.18 Å². The zero-order chi connectivity index (χ0) is 22.2. The number of hydrogen-bond acceptors (Lipinski definition) is 3. The lowest BCUT2D eigenvalue weighted by Crippen LogP contribution is -2.50. The highest BCUT2D eigenvalue weighted by Crippen LogP contribution is 2.25. The number of nitrogens with zero attached hydrogens (tertiary/aromatic N) is 2. The Kier molecular flexibility index (Phi) is 7.48. The Bertz CT molecular complexity index is 935. The molecular formula is C26H28FN3O2. The van der Waals surface area contributed by atoms with Crippen LogP contribution in [-0.4, -0.2) is 55.2 Å². The van der Waals surface area contributed by atoms with Crippen molar-refractivity contribution in [2.75, 3.05) is 44.6 Å². The first-order valence-corrected chi connectivity index (χ1v) is 10.9. The second-order valence-corrected chi connectivity index (χ2v) is 7.84. The Morgan fingerprint density at radius 1 is 0.844 bits per heavy atom. The van der Waals surface area contributed by atoms with E-state index in [0.29, 0.717) is 25.4 Å². The van der Waals surface area contributed by atoms with E-state index in [4.69, 9.17) is 4.74 Å². The molecule has 0 aromatic heterocycles. The van der Waals surface area contributed by atoms with Gasteiger partial charge >= 0.3 is 6.03 Å². The Balaban J connectivity index is 1.25. The van der Waals surface area contributed by atoms with E-state index in [1.54, 1.807) is 17.0 Å². The minimum atomic E-state index is -0.319. The molecule has 0 saturated carbocycles. The molecule has 1 saturated heterocycles. The molecule has 4 rings (SSSR count). The number of carbonyl (C=O) groups is 1. The number of rotatable bonds is 7. The molecular weight excluding hydrogens is 405 g/mol. The summed E-state index contributed by atoms with van der Waals surface area (Å²) < 4.78 is 19.3. The maximum Gasteiger partial charge on any atom is 0.321 e. The number of carbonyl (C=O) groups excluding carboxylic acids is 1. The lowest BCUT2D eigenvalue weighted by atomic mass is 10.0. The van der Waals surface area contributed by atoms with Crippen molar-refractivity contribution in [2.24, 2.45) is 0 Å². The molecule has 1 aliphatic rings. The molecule has 0 atom stereocenters. The Hall–Kier alpha value is -3.22. The van der Waals surface area contributed by atoms with Gasteiger partial charge in [0.1, 0.15) is 11.9 Å². The lowest BCUT2D eigenvalue weighted by molar-refractivity contribution is 0.0498. The van der Waals surface area contributed by atoms with E-state index >= 15 is 0 Å². The molecule has 0 radical (unpaired) electrons. The van der Waals surface area contributed by atoms with E-state index in [2.05, 4.69) is 34.5 Å². The van der Waals surface area contributed by atoms with Gasteiger partial charge in [0.2, 0.25) is 0 Å². The second kappa shape index (κ2) is 10.9. The molecule has 32 heavy (non-hydrogen) atoms. The third kappa shape index (κ3) is 5.93. The van der Waals surface area contributed by atoms with E-state index in [1.807, 2.05) is 36.4 Å². The molecule has 0 spiro atoms. The second-order valence-electron chi connectivity index (χ2n) is 7.84. The van der Waals surface area contributed by atoms with Crippen molar-refractivity contribution in [1.29, 1.82) is 0 Å². The molecule has 0 aliphatic carbocycles. The lowest BCUT2D eigenvalue weighted by Gasteiger charge is -2.34. The highest BCUT2D eigenvalue weighted by Gasteiger charge is 2.22. The summed E-state index contributed by atoms with van der Waals surface area (Å²) in [6, 6.07) is 26.2. The van der Waals surface area contributed by atoms with Gasteiger partial charge in [-0.3, -0.25) is 4.90 Å². The number of halogens is 1. The largest absolute Gasteiger partial charge is 0.367 e. The number of benzene rings is 3. The van der Waals surface area contributed by atoms with Gasteiger partial charge in [-0.05, 0) is 35.4 Å². The van der Waals surface area contributed by atoms with Crippen LogP contribution in [0.3, 0.4) is 0 Å². The number of nitrogens with one attached hydrogen (secondary N) is 1. The average molecular weight is 434 g/mol. The topological polar surface area (TPSA) is 44.8 Å². The molecule has 3 aromatic carbocycles. The van der Waals surface area contributed by atoms with Gasteiger partial charge in [0.25, 0.3) is 0 Å². The Labute approximate surface area is 188 Å². The molecule has 0 bridgehead atoms. The third-order valence-electron chi connectivity index (χ3n) is 5.65. The summed E-state index contributed by atoms with van der Waals surface area (Å²) in [7, 11) is 0. The third-order valence-corrected chi connectivity index (χ3v) is 5.65. The average Bonchev–Trinajstić information content (AvgIpc) is 2.85. The van der Waals surface area contributed by atoms with Gasteiger partial charge in [0.15, 0.2) is 0 Å². The number of amides is 2. The van der Waals surface area contributed by atoms with Crippen molar-refractivity contribution >= 4 is 11.7 Å². The number of ether oxygens (including phenoxy) is 1. The van der Waals surface area contributed by atoms with Gasteiger partial charge in [0.05, 0.1) is 6.61 Å². The van der Waals surface area contributed by atoms with Gasteiger partial charge in [-0.15, -0.1) is 0 Å². The van der Waals surface area contributed by atoms with E-state index < -0.39 is 0 Å². The first-order chi connectivity index (χ1) is 15.7. The first kappa shape index (κ1) is 22.0. The van der Waals surface area contributed by atoms with Gasteiger partial charge < -0.3 is 15.0 Å². The van der Waals surface area contributed by atoms with Crippen LogP contribution in [0.2, 0.25) is 0 Å². The molecule has 1 N–H and O–H groups in total. The molecule has 2 amide bonds. The van der Waals surface area contributed by atoms with Crippen molar-refractivity contribution < 1.29 is 13.9 Å². The standard InChI is InChI=1S/C26H28FN3O2/c27-23-11-13-24(14-12-23)28-26(31)30-17-15-29(16-18-30)19-20-32-25(21-7-3-1-4-8-21)22-9-5-2-6-10-22/h1-14,25H,15-20H2,(H,28,31). The minimum absolute atomic E-state index is 0.0971. The molecule has 0 unspecified atom stereocenters. The number of urea groups is 1. The van der Waals surface area contributed by atoms with E-state index in [-0.39, 0.29) is 18.0 Å². The van der Waals surface area contributed by atoms with Crippen molar-refractivity contribution in [3.05, 3.63) is 102 Å². The molecule has 6 heteroatoms. The zero-order valence-corrected chi connectivity index (χ0v) is 18.0. The smallest absolute Gasteiger partial charge is 0.321 e. The number of hydrogen-bond donors (Lipinski definition) is 1. The van der Waals surface area contributed by atoms with Crippen molar-refractivity contribution in [3.63, 3.8) is 0 Å². The fourth-order valence-corrected chi connectivity index (χ4v) is 3.85. The van der Waals surface area contributed by atoms with Crippen LogP contribution in [-0.2, 0) is 4.74 Å². The van der Waals surface area contributed by atoms with Gasteiger partial charge in [-0.2, -0.15) is 0 Å². The number of anilines is 1. The van der Waals surface area contributed by atoms with Crippen molar-refractivity contribution in [2.45, 2.75) is 6.10 Å². The van der Waals surface area contributed by atoms with Crippen LogP contribution in [0.5, 0.6) is 0 Å². The normalized spacial score (nSPS) is 14.5. The molecule has 3 aromatic rings. The Morgan fingerprint density at radius 3 is 1.97 bits per heavy atom. The van der Waals surface area contributed by atoms with Gasteiger partial charge in [0, 0.05) is 38.4 Å². The quantitative estimate of drug-likeness (QED) is 0.583. The monoisotopic (exact) mass is 433 g/mol. The Morgan fingerprint density at radius 2 is 1.41 bits per heavy atom. The molecule has 1 fully saturated rings. The van der Waals surface area contributed by atoms with Crippen LogP contribution < -0.4 is 5.32 Å². The number of piperazine rings is 1. The fourth-order valence-electron chi connectivity index (χ4n) is 3.85. The highest BCUT2D eigenvalue weighted by molar-refractivity contribution is 5.89. The molecule has 5 nitrogen and oxygen atoms in total. The van der Waals surface area contributed by atoms with Crippen LogP contribution in [0, 0.1) is 5.82 Å². The summed E-state index contributed by atoms with van der Waals surface area (Å²) in [5, 5.41) is 2.83. The molecule has 1 heterocycles. The summed E-state index contributed by atoms with van der Waals surface area (Å²) >= 11 is 0. The van der Waals surface area contributed by atoms with Gasteiger partial charge in [-0.1, -0.05) is 60.7 Å². The minimum Gasteiger partial charge on any atom is -0.367 e. The summed E-state index contributed by atoms with van der Waals surface area (Å²) in [6.45, 7) is 4.30. The van der Waals surface area contributed by atoms with Crippen LogP contribution in [0.15, 0.2) is 84.9 Å². The van der Waals surface area contributed by atoms with Crippen LogP contribution in [0.25, 0.3) is 0 Å². The zero-order valence-electron chi connectivity index (χ0n) is 18.0. The fraction of sp³-hybridized carbons (Fsp3) is 0.269. The molecule has 1 aliphatic heterocycles. The van der Waals surface area contributed by atoms with E-state index in [9.17, 15) is 9.18 Å². The first-order valence-electron chi connectivity index (χ1n) is 10.9. The maximum absolute atomic E-state index is 13.0. The summed E-state index contributed by atoms with van der Waals surface area (Å²) in [5.74, 6) is -0.319. The maximum atomic E-state index is 13.0. The summed E-state index contributed by atoms with van der Waals surface area (Å²) in [4.78, 5) is 16.6. The van der Waals surface area contributed by atoms with Crippen LogP contribution in [0.4, 0.5) is 14.9 Å². The SMILES string of the molecule is O=C(Nc1ccc(F)cc1)N1CCN(CCOC(c2ccccc2)c2ccccc2)CC1. The highest BCUT2D eigenvalue weighted by atomic mass is 19.1. The van der Waals surface area contributed by atoms with Crippen molar-refractivity contribution in [1.82, 2.24) is 9.80 Å². The summed E-state index contributed by atoms with van der Waals surface area (Å²) in [6.07, 6.45) is -0.0971. The predicted molar refractivity (Wildman–Crippen MR) is 124 cm³/mol. The van der Waals surface area contributed by atoms with E-state index in [1.165, 1.54) is 12.1 Å². The summed E-state index contributed by atoms with van der Waals surface area (Å²) in [5.41, 5.74) is 2.88. The van der Waals surface area contributed by atoms with Crippen molar-refractivity contribution in [3.8, 4) is 0 Å². The van der Waals surface area contributed by atoms with E-state index in [0.717, 1.165) is 30.8 Å². The van der Waals surface area contributed by atoms with Crippen LogP contribution >= 0.6 is 0 Å². The van der Waals surface area contributed by atoms with Crippen LogP contribution in [0.1, 0.15) is 17.2 Å². The predicted octanol–water partition coefficient (Wildman–Crippen LogP) is 4.78. The molecule has 166 valence electrons.